The molecule has 1 aliphatic heterocycles. The molecule has 2 rings (SSSR count). The molecule has 0 saturated heterocycles. The van der Waals surface area contributed by atoms with E-state index in [1.807, 2.05) is 0 Å². The number of para-hydroxylation sites is 2. The summed E-state index contributed by atoms with van der Waals surface area (Å²) in [5.41, 5.74) is 0. The third-order valence-electron chi connectivity index (χ3n) is 2.03. The fraction of sp³-hybridized carbons (Fsp3) is 0.300. The van der Waals surface area contributed by atoms with E-state index in [0.717, 1.165) is 0 Å². The monoisotopic (exact) mass is 232 g/mol. The average Bonchev–Trinajstić information content (AvgIpc) is 2.58. The zero-order valence-electron chi connectivity index (χ0n) is 7.95. The summed E-state index contributed by atoms with van der Waals surface area (Å²) in [6.07, 6.45) is -6.87. The van der Waals surface area contributed by atoms with Crippen molar-refractivity contribution < 1.29 is 27.4 Å². The van der Waals surface area contributed by atoms with Crippen molar-refractivity contribution in [1.29, 1.82) is 0 Å². The van der Waals surface area contributed by atoms with Crippen LogP contribution in [0.2, 0.25) is 0 Å². The topological polar surface area (TPSA) is 35.5 Å². The Labute approximate surface area is 88.8 Å². The minimum Gasteiger partial charge on any atom is -0.451 e. The first-order valence-corrected chi connectivity index (χ1v) is 4.49. The van der Waals surface area contributed by atoms with Gasteiger partial charge in [-0.3, -0.25) is 4.79 Å². The van der Waals surface area contributed by atoms with Gasteiger partial charge in [-0.1, -0.05) is 12.1 Å². The first-order valence-electron chi connectivity index (χ1n) is 4.49. The van der Waals surface area contributed by atoms with Crippen molar-refractivity contribution in [2.45, 2.75) is 18.9 Å². The Hall–Kier alpha value is -1.72. The summed E-state index contributed by atoms with van der Waals surface area (Å²) >= 11 is 0. The summed E-state index contributed by atoms with van der Waals surface area (Å²) < 4.78 is 46.0. The SMILES string of the molecule is O=C(CC1Oc2ccccc2O1)C(F)(F)F. The van der Waals surface area contributed by atoms with Gasteiger partial charge in [-0.05, 0) is 12.1 Å². The van der Waals surface area contributed by atoms with E-state index in [0.29, 0.717) is 11.5 Å². The molecule has 0 fully saturated rings. The molecule has 0 atom stereocenters. The fourth-order valence-electron chi connectivity index (χ4n) is 1.30. The molecule has 86 valence electrons. The number of carbonyl (C=O) groups excluding carboxylic acids is 1. The number of hydrogen-bond acceptors (Lipinski definition) is 3. The highest BCUT2D eigenvalue weighted by molar-refractivity contribution is 5.84. The molecule has 0 amide bonds. The molecule has 0 radical (unpaired) electrons. The number of Topliss-reactive ketones (excluding diaryl/α,β-unsaturated/α-hetero) is 1. The van der Waals surface area contributed by atoms with E-state index in [-0.39, 0.29) is 0 Å². The number of rotatable bonds is 2. The lowest BCUT2D eigenvalue weighted by Gasteiger charge is -2.10. The molecule has 0 aliphatic carbocycles. The van der Waals surface area contributed by atoms with Gasteiger partial charge in [0.05, 0.1) is 6.42 Å². The molecule has 6 heteroatoms. The van der Waals surface area contributed by atoms with Crippen LogP contribution in [-0.4, -0.2) is 18.2 Å². The van der Waals surface area contributed by atoms with Crippen LogP contribution in [-0.2, 0) is 4.79 Å². The van der Waals surface area contributed by atoms with Gasteiger partial charge in [0.1, 0.15) is 0 Å². The van der Waals surface area contributed by atoms with E-state index in [9.17, 15) is 18.0 Å². The van der Waals surface area contributed by atoms with Crippen LogP contribution < -0.4 is 9.47 Å². The van der Waals surface area contributed by atoms with Gasteiger partial charge in [0.15, 0.2) is 11.5 Å². The Kier molecular flexibility index (Phi) is 2.49. The number of ether oxygens (including phenoxy) is 2. The molecule has 0 N–H and O–H groups in total. The van der Waals surface area contributed by atoms with Gasteiger partial charge >= 0.3 is 6.18 Å². The Balaban J connectivity index is 2.00. The van der Waals surface area contributed by atoms with Gasteiger partial charge in [-0.25, -0.2) is 0 Å². The lowest BCUT2D eigenvalue weighted by Crippen LogP contribution is -2.30. The third-order valence-corrected chi connectivity index (χ3v) is 2.03. The maximum atomic E-state index is 12.0. The highest BCUT2D eigenvalue weighted by Gasteiger charge is 2.41. The Bertz CT molecular complexity index is 389. The van der Waals surface area contributed by atoms with Crippen LogP contribution in [0.15, 0.2) is 24.3 Å². The maximum Gasteiger partial charge on any atom is 0.450 e. The number of fused-ring (bicyclic) bond motifs is 1. The van der Waals surface area contributed by atoms with E-state index in [1.165, 1.54) is 0 Å². The van der Waals surface area contributed by atoms with Gasteiger partial charge in [0.2, 0.25) is 12.1 Å². The van der Waals surface area contributed by atoms with Crippen molar-refractivity contribution in [1.82, 2.24) is 0 Å². The molecule has 0 saturated carbocycles. The minimum atomic E-state index is -4.85. The summed E-state index contributed by atoms with van der Waals surface area (Å²) in [4.78, 5) is 10.7. The molecule has 0 bridgehead atoms. The number of alkyl halides is 3. The molecule has 1 heterocycles. The first kappa shape index (κ1) is 10.8. The number of hydrogen-bond donors (Lipinski definition) is 0. The summed E-state index contributed by atoms with van der Waals surface area (Å²) in [5, 5.41) is 0. The molecule has 0 unspecified atom stereocenters. The van der Waals surface area contributed by atoms with Crippen molar-refractivity contribution in [3.8, 4) is 11.5 Å². The highest BCUT2D eigenvalue weighted by Crippen LogP contribution is 2.35. The molecule has 1 aromatic carbocycles. The Morgan fingerprint density at radius 3 is 2.12 bits per heavy atom. The Morgan fingerprint density at radius 1 is 1.19 bits per heavy atom. The van der Waals surface area contributed by atoms with Crippen LogP contribution in [0.25, 0.3) is 0 Å². The number of ketones is 1. The fourth-order valence-corrected chi connectivity index (χ4v) is 1.30. The van der Waals surface area contributed by atoms with Gasteiger partial charge in [-0.15, -0.1) is 0 Å². The minimum absolute atomic E-state index is 0.350. The molecular formula is C10H7F3O3. The van der Waals surface area contributed by atoms with Gasteiger partial charge < -0.3 is 9.47 Å². The van der Waals surface area contributed by atoms with Gasteiger partial charge in [-0.2, -0.15) is 13.2 Å². The average molecular weight is 232 g/mol. The van der Waals surface area contributed by atoms with Crippen LogP contribution in [0.1, 0.15) is 6.42 Å². The van der Waals surface area contributed by atoms with Crippen LogP contribution in [0, 0.1) is 0 Å². The smallest absolute Gasteiger partial charge is 0.450 e. The van der Waals surface area contributed by atoms with Crippen molar-refractivity contribution in [3.63, 3.8) is 0 Å². The van der Waals surface area contributed by atoms with Crippen LogP contribution >= 0.6 is 0 Å². The zero-order valence-corrected chi connectivity index (χ0v) is 7.95. The van der Waals surface area contributed by atoms with Crippen LogP contribution in [0.3, 0.4) is 0 Å². The molecule has 1 aromatic rings. The normalized spacial score (nSPS) is 15.2. The summed E-state index contributed by atoms with van der Waals surface area (Å²) in [7, 11) is 0. The largest absolute Gasteiger partial charge is 0.451 e. The quantitative estimate of drug-likeness (QED) is 0.784. The zero-order chi connectivity index (χ0) is 11.8. The first-order chi connectivity index (χ1) is 7.47. The van der Waals surface area contributed by atoms with Crippen LogP contribution in [0.4, 0.5) is 13.2 Å². The van der Waals surface area contributed by atoms with Gasteiger partial charge in [0.25, 0.3) is 0 Å². The van der Waals surface area contributed by atoms with E-state index < -0.39 is 24.7 Å². The second-order valence-corrected chi connectivity index (χ2v) is 3.24. The Morgan fingerprint density at radius 2 is 1.69 bits per heavy atom. The lowest BCUT2D eigenvalue weighted by molar-refractivity contribution is -0.174. The van der Waals surface area contributed by atoms with Crippen molar-refractivity contribution in [2.24, 2.45) is 0 Å². The lowest BCUT2D eigenvalue weighted by atomic mass is 10.3. The standard InChI is InChI=1S/C10H7F3O3/c11-10(12,13)8(14)5-9-15-6-3-1-2-4-7(6)16-9/h1-4,9H,5H2. The molecule has 1 aliphatic rings. The van der Waals surface area contributed by atoms with Crippen LogP contribution in [0.5, 0.6) is 11.5 Å². The van der Waals surface area contributed by atoms with E-state index >= 15 is 0 Å². The molecule has 0 aromatic heterocycles. The molecule has 0 spiro atoms. The van der Waals surface area contributed by atoms with Crippen molar-refractivity contribution >= 4 is 5.78 Å². The van der Waals surface area contributed by atoms with Gasteiger partial charge in [0, 0.05) is 0 Å². The molecule has 16 heavy (non-hydrogen) atoms. The summed E-state index contributed by atoms with van der Waals surface area (Å²) in [6, 6.07) is 6.45. The third kappa shape index (κ3) is 2.10. The van der Waals surface area contributed by atoms with E-state index in [4.69, 9.17) is 9.47 Å². The van der Waals surface area contributed by atoms with Crippen molar-refractivity contribution in [3.05, 3.63) is 24.3 Å². The van der Waals surface area contributed by atoms with E-state index in [1.54, 1.807) is 24.3 Å². The highest BCUT2D eigenvalue weighted by atomic mass is 19.4. The number of carbonyl (C=O) groups is 1. The number of benzene rings is 1. The predicted molar refractivity (Wildman–Crippen MR) is 47.2 cm³/mol. The molecular weight excluding hydrogens is 225 g/mol. The second-order valence-electron chi connectivity index (χ2n) is 3.24. The van der Waals surface area contributed by atoms with Crippen molar-refractivity contribution in [2.75, 3.05) is 0 Å². The molecule has 3 nitrogen and oxygen atoms in total. The summed E-state index contributed by atoms with van der Waals surface area (Å²) in [6.45, 7) is 0. The number of halogens is 3. The summed E-state index contributed by atoms with van der Waals surface area (Å²) in [5.74, 6) is -1.16. The van der Waals surface area contributed by atoms with E-state index in [2.05, 4.69) is 0 Å². The second kappa shape index (κ2) is 3.70. The maximum absolute atomic E-state index is 12.0. The predicted octanol–water partition coefficient (Wildman–Crippen LogP) is 2.31.